The number of aliphatic hydroxyl groups excluding tert-OH is 8. The molecule has 3 aliphatic heterocycles. The van der Waals surface area contributed by atoms with Crippen LogP contribution in [-0.4, -0.2) is 128 Å². The summed E-state index contributed by atoms with van der Waals surface area (Å²) < 4.78 is 18.1. The zero-order valence-electron chi connectivity index (χ0n) is 29.4. The normalized spacial score (nSPS) is 31.6. The number of benzene rings is 4. The molecule has 0 aliphatic carbocycles. The van der Waals surface area contributed by atoms with Crippen molar-refractivity contribution >= 4 is 12.2 Å². The monoisotopic (exact) mass is 778 g/mol. The molecule has 4 aromatic rings. The van der Waals surface area contributed by atoms with Crippen LogP contribution < -0.4 is 4.74 Å². The Balaban J connectivity index is 1.44. The first-order valence-corrected chi connectivity index (χ1v) is 17.7. The van der Waals surface area contributed by atoms with Crippen LogP contribution in [0.3, 0.4) is 0 Å². The lowest BCUT2D eigenvalue weighted by molar-refractivity contribution is -0.232. The van der Waals surface area contributed by atoms with Crippen LogP contribution in [0.4, 0.5) is 0 Å². The van der Waals surface area contributed by atoms with Gasteiger partial charge in [-0.2, -0.15) is 0 Å². The molecule has 0 aromatic heterocycles. The van der Waals surface area contributed by atoms with Crippen molar-refractivity contribution in [3.8, 4) is 34.5 Å². The molecule has 12 atom stereocenters. The van der Waals surface area contributed by atoms with Crippen molar-refractivity contribution in [2.24, 2.45) is 0 Å². The fraction of sp³-hybridized carbons (Fsp3) is 0.350. The fourth-order valence-electron chi connectivity index (χ4n) is 7.74. The van der Waals surface area contributed by atoms with E-state index in [2.05, 4.69) is 0 Å². The predicted octanol–water partition coefficient (Wildman–Crippen LogP) is 0.680. The number of hydrogen-bond donors (Lipinski definition) is 13. The third-order valence-electron chi connectivity index (χ3n) is 10.7. The van der Waals surface area contributed by atoms with Gasteiger partial charge in [0.25, 0.3) is 0 Å². The van der Waals surface area contributed by atoms with Gasteiger partial charge in [0.1, 0.15) is 102 Å². The summed E-state index contributed by atoms with van der Waals surface area (Å²) in [6.45, 7) is -1.51. The van der Waals surface area contributed by atoms with Crippen molar-refractivity contribution < 1.29 is 80.6 Å². The van der Waals surface area contributed by atoms with E-state index in [1.807, 2.05) is 0 Å². The second kappa shape index (κ2) is 15.5. The molecule has 56 heavy (non-hydrogen) atoms. The fourth-order valence-corrected chi connectivity index (χ4v) is 7.74. The highest BCUT2D eigenvalue weighted by Gasteiger charge is 2.50. The largest absolute Gasteiger partial charge is 0.508 e. The third kappa shape index (κ3) is 6.90. The van der Waals surface area contributed by atoms with E-state index in [0.717, 1.165) is 0 Å². The topological polar surface area (TPSA) is 291 Å². The van der Waals surface area contributed by atoms with Gasteiger partial charge in [-0.1, -0.05) is 36.4 Å². The molecule has 4 aromatic carbocycles. The van der Waals surface area contributed by atoms with Crippen molar-refractivity contribution in [2.45, 2.75) is 73.1 Å². The lowest BCUT2D eigenvalue weighted by Crippen LogP contribution is -2.55. The summed E-state index contributed by atoms with van der Waals surface area (Å²) in [7, 11) is 0. The Bertz CT molecular complexity index is 2040. The van der Waals surface area contributed by atoms with E-state index in [0.29, 0.717) is 22.3 Å². The number of phenolic OH excluding ortho intramolecular Hbond substituents is 5. The lowest BCUT2D eigenvalue weighted by Gasteiger charge is -2.40. The molecule has 2 saturated heterocycles. The number of phenols is 5. The predicted molar refractivity (Wildman–Crippen MR) is 194 cm³/mol. The van der Waals surface area contributed by atoms with E-state index in [-0.39, 0.29) is 33.9 Å². The van der Waals surface area contributed by atoms with Crippen molar-refractivity contribution in [1.29, 1.82) is 0 Å². The number of ether oxygens (including phenoxy) is 3. The van der Waals surface area contributed by atoms with E-state index in [1.54, 1.807) is 36.4 Å². The first-order valence-electron chi connectivity index (χ1n) is 17.7. The summed E-state index contributed by atoms with van der Waals surface area (Å²) in [6.07, 6.45) is -14.3. The zero-order valence-corrected chi connectivity index (χ0v) is 29.4. The molecule has 0 saturated carbocycles. The van der Waals surface area contributed by atoms with Crippen LogP contribution in [0.2, 0.25) is 0 Å². The minimum atomic E-state index is -1.84. The third-order valence-corrected chi connectivity index (χ3v) is 10.7. The number of fused-ring (bicyclic) bond motifs is 1. The molecule has 0 radical (unpaired) electrons. The van der Waals surface area contributed by atoms with Crippen LogP contribution in [0.5, 0.6) is 34.5 Å². The van der Waals surface area contributed by atoms with Crippen LogP contribution in [-0.2, 0) is 9.47 Å². The quantitative estimate of drug-likeness (QED) is 0.110. The highest BCUT2D eigenvalue weighted by atomic mass is 16.6. The molecule has 3 heterocycles. The molecule has 0 spiro atoms. The first-order chi connectivity index (χ1) is 26.7. The van der Waals surface area contributed by atoms with Crippen LogP contribution in [0, 0.1) is 0 Å². The summed E-state index contributed by atoms with van der Waals surface area (Å²) in [5.74, 6) is -2.79. The second-order valence-electron chi connectivity index (χ2n) is 14.1. The maximum absolute atomic E-state index is 11.6. The van der Waals surface area contributed by atoms with Crippen molar-refractivity contribution in [3.05, 3.63) is 106 Å². The Morgan fingerprint density at radius 3 is 1.48 bits per heavy atom. The van der Waals surface area contributed by atoms with Gasteiger partial charge in [0.15, 0.2) is 0 Å². The van der Waals surface area contributed by atoms with Crippen LogP contribution in [0.25, 0.3) is 12.2 Å². The Morgan fingerprint density at radius 1 is 0.482 bits per heavy atom. The molecule has 2 fully saturated rings. The molecular weight excluding hydrogens is 736 g/mol. The van der Waals surface area contributed by atoms with Gasteiger partial charge in [-0.25, -0.2) is 0 Å². The summed E-state index contributed by atoms with van der Waals surface area (Å²) in [4.78, 5) is 0. The van der Waals surface area contributed by atoms with E-state index >= 15 is 0 Å². The van der Waals surface area contributed by atoms with Crippen LogP contribution in [0.1, 0.15) is 63.2 Å². The van der Waals surface area contributed by atoms with Crippen molar-refractivity contribution in [3.63, 3.8) is 0 Å². The number of rotatable bonds is 8. The average molecular weight is 779 g/mol. The van der Waals surface area contributed by atoms with Gasteiger partial charge in [0.2, 0.25) is 0 Å². The van der Waals surface area contributed by atoms with Gasteiger partial charge in [-0.3, -0.25) is 0 Å². The minimum Gasteiger partial charge on any atom is -0.508 e. The molecule has 16 nitrogen and oxygen atoms in total. The van der Waals surface area contributed by atoms with Gasteiger partial charge in [-0.05, 0) is 64.7 Å². The summed E-state index contributed by atoms with van der Waals surface area (Å²) >= 11 is 0. The maximum atomic E-state index is 11.6. The van der Waals surface area contributed by atoms with Gasteiger partial charge < -0.3 is 80.6 Å². The molecule has 13 N–H and O–H groups in total. The van der Waals surface area contributed by atoms with Crippen molar-refractivity contribution in [1.82, 2.24) is 0 Å². The smallest absolute Gasteiger partial charge is 0.135 e. The number of aromatic hydroxyl groups is 5. The van der Waals surface area contributed by atoms with E-state index < -0.39 is 104 Å². The summed E-state index contributed by atoms with van der Waals surface area (Å²) in [6, 6.07) is 16.0. The minimum absolute atomic E-state index is 0.0292. The maximum Gasteiger partial charge on any atom is 0.135 e. The highest BCUT2D eigenvalue weighted by Crippen LogP contribution is 2.58. The van der Waals surface area contributed by atoms with E-state index in [1.165, 1.54) is 42.5 Å². The van der Waals surface area contributed by atoms with Gasteiger partial charge in [-0.15, -0.1) is 0 Å². The van der Waals surface area contributed by atoms with Crippen molar-refractivity contribution in [2.75, 3.05) is 13.2 Å². The van der Waals surface area contributed by atoms with Gasteiger partial charge in [0, 0.05) is 5.56 Å². The molecule has 0 amide bonds. The van der Waals surface area contributed by atoms with Gasteiger partial charge >= 0.3 is 0 Å². The zero-order chi connectivity index (χ0) is 40.2. The SMILES string of the molecule is OC[C@H]1O[C@@H](c2c(O)cc([C@H]3c4c(/C=C/c5ccc(O)cc5)cc(O)c([C@@H]5O[C@H](CO)[C@@H](O)[C@H](O)[C@H]5O)c4O[C@@H]3c3ccc(O)cc3)cc2O)[C@H](O)[C@@H](O)[C@@H]1O. The van der Waals surface area contributed by atoms with Gasteiger partial charge in [0.05, 0.1) is 30.3 Å². The standard InChI is InChI=1S/C40H42O16/c41-14-25-31(48)33(50)35(52)39(54-25)29-22(45)12-19(13-23(29)46)28-27-18(4-1-16-2-7-20(43)8-3-16)11-24(47)30(40-36(53)34(51)32(49)26(15-42)55-40)38(27)56-37(28)17-5-9-21(44)10-6-17/h1-13,25-26,28,31-37,39-53H,14-15H2/b4-1+/t25-,26-,28+,31-,32-,33+,34+,35-,36-,37-,39+,40+/m1/s1. The Hall–Kier alpha value is -4.98. The Morgan fingerprint density at radius 2 is 0.964 bits per heavy atom. The molecule has 16 heteroatoms. The summed E-state index contributed by atoms with van der Waals surface area (Å²) in [5, 5.41) is 138. The number of hydrogen-bond acceptors (Lipinski definition) is 16. The van der Waals surface area contributed by atoms with Crippen LogP contribution >= 0.6 is 0 Å². The highest BCUT2D eigenvalue weighted by molar-refractivity contribution is 5.77. The Labute approximate surface area is 318 Å². The molecule has 7 rings (SSSR count). The number of aliphatic hydroxyl groups is 8. The van der Waals surface area contributed by atoms with Crippen LogP contribution in [0.15, 0.2) is 66.7 Å². The molecule has 0 unspecified atom stereocenters. The Kier molecular flexibility index (Phi) is 10.9. The molecule has 0 bridgehead atoms. The average Bonchev–Trinajstić information content (AvgIpc) is 3.57. The van der Waals surface area contributed by atoms with E-state index in [4.69, 9.17) is 14.2 Å². The van der Waals surface area contributed by atoms with E-state index in [9.17, 15) is 66.4 Å². The first kappa shape index (κ1) is 39.3. The lowest BCUT2D eigenvalue weighted by atomic mass is 9.80. The molecule has 3 aliphatic rings. The summed E-state index contributed by atoms with van der Waals surface area (Å²) in [5.41, 5.74) is 1.40. The molecular formula is C40H42O16. The molecule has 298 valence electrons. The second-order valence-corrected chi connectivity index (χ2v) is 14.1.